The first-order chi connectivity index (χ1) is 29.4. The average molecular weight is 853 g/mol. The van der Waals surface area contributed by atoms with Gasteiger partial charge in [0.25, 0.3) is 5.91 Å². The number of nitrogens with zero attached hydrogens (tertiary/aromatic N) is 6. The number of cyclic esters (lactones) is 1. The summed E-state index contributed by atoms with van der Waals surface area (Å²) in [6.45, 7) is 13.6. The molecule has 5 aliphatic heterocycles. The van der Waals surface area contributed by atoms with Gasteiger partial charge >= 0.3 is 5.97 Å². The van der Waals surface area contributed by atoms with Gasteiger partial charge in [0, 0.05) is 85.6 Å². The predicted octanol–water partition coefficient (Wildman–Crippen LogP) is 5.52. The van der Waals surface area contributed by atoms with Gasteiger partial charge in [0.15, 0.2) is 0 Å². The molecule has 61 heavy (non-hydrogen) atoms. The van der Waals surface area contributed by atoms with E-state index in [9.17, 15) is 14.4 Å². The number of pyridine rings is 1. The monoisotopic (exact) mass is 852 g/mol. The minimum absolute atomic E-state index is 0.104. The smallest absolute Gasteiger partial charge is 0.324 e. The molecule has 0 saturated carbocycles. The van der Waals surface area contributed by atoms with Crippen LogP contribution in [0.15, 0.2) is 35.8 Å². The first-order valence-corrected chi connectivity index (χ1v) is 23.0. The number of carbonyl (C=O) groups is 3. The number of piperazine rings is 1. The second kappa shape index (κ2) is 17.0. The Bertz CT molecular complexity index is 2300. The number of anilines is 1. The van der Waals surface area contributed by atoms with E-state index in [0.29, 0.717) is 32.2 Å². The number of hydrogen-bond acceptors (Lipinski definition) is 12. The van der Waals surface area contributed by atoms with Crippen LogP contribution in [0.4, 0.5) is 5.69 Å². The van der Waals surface area contributed by atoms with Crippen molar-refractivity contribution in [2.24, 2.45) is 11.3 Å². The Labute approximate surface area is 362 Å². The van der Waals surface area contributed by atoms with Crippen LogP contribution in [0.1, 0.15) is 82.2 Å². The molecule has 2 amide bonds. The Morgan fingerprint density at radius 3 is 2.67 bits per heavy atom. The van der Waals surface area contributed by atoms with Gasteiger partial charge in [0.2, 0.25) is 5.91 Å². The predicted molar refractivity (Wildman–Crippen MR) is 235 cm³/mol. The van der Waals surface area contributed by atoms with Crippen LogP contribution in [0.25, 0.3) is 33.4 Å². The van der Waals surface area contributed by atoms with Crippen molar-refractivity contribution in [2.75, 3.05) is 58.4 Å². The Kier molecular flexibility index (Phi) is 11.7. The lowest BCUT2D eigenvalue weighted by atomic mass is 9.84. The number of amides is 2. The van der Waals surface area contributed by atoms with Crippen LogP contribution in [0.3, 0.4) is 0 Å². The van der Waals surface area contributed by atoms with Crippen LogP contribution in [0, 0.1) is 11.3 Å². The number of hydrazine groups is 1. The van der Waals surface area contributed by atoms with Crippen LogP contribution >= 0.6 is 11.3 Å². The zero-order valence-corrected chi connectivity index (χ0v) is 37.2. The number of carbonyl (C=O) groups excluding carboxylic acids is 3. The highest BCUT2D eigenvalue weighted by atomic mass is 32.1. The molecule has 1 aromatic carbocycles. The van der Waals surface area contributed by atoms with E-state index in [1.165, 1.54) is 16.3 Å². The number of methoxy groups -OCH3 is 1. The van der Waals surface area contributed by atoms with Crippen molar-refractivity contribution >= 4 is 45.7 Å². The summed E-state index contributed by atoms with van der Waals surface area (Å²) >= 11 is 1.49. The maximum Gasteiger partial charge on any atom is 0.324 e. The van der Waals surface area contributed by atoms with E-state index in [2.05, 4.69) is 77.2 Å². The number of ether oxygens (including phenoxy) is 3. The maximum absolute atomic E-state index is 14.3. The third-order valence-electron chi connectivity index (χ3n) is 13.5. The molecule has 4 saturated heterocycles. The fraction of sp³-hybridized carbons (Fsp3) is 0.587. The summed E-state index contributed by atoms with van der Waals surface area (Å²) < 4.78 is 20.5. The van der Waals surface area contributed by atoms with E-state index < -0.39 is 23.5 Å². The number of aryl methyl sites for hydroxylation is 1. The van der Waals surface area contributed by atoms with E-state index in [4.69, 9.17) is 24.2 Å². The van der Waals surface area contributed by atoms with Gasteiger partial charge in [-0.3, -0.25) is 24.4 Å². The number of nitrogens with one attached hydrogen (secondary N) is 2. The van der Waals surface area contributed by atoms with Crippen molar-refractivity contribution in [1.82, 2.24) is 35.2 Å². The molecule has 0 radical (unpaired) electrons. The minimum atomic E-state index is -0.875. The fourth-order valence-electron chi connectivity index (χ4n) is 10.0. The van der Waals surface area contributed by atoms with Crippen molar-refractivity contribution < 1.29 is 28.6 Å². The largest absolute Gasteiger partial charge is 0.464 e. The number of hydrogen-bond donors (Lipinski definition) is 2. The topological polar surface area (TPSA) is 143 Å². The van der Waals surface area contributed by atoms with Gasteiger partial charge in [-0.25, -0.2) is 10.4 Å². The van der Waals surface area contributed by atoms with E-state index in [-0.39, 0.29) is 49.1 Å². The number of rotatable bonds is 7. The lowest BCUT2D eigenvalue weighted by Gasteiger charge is -2.35. The van der Waals surface area contributed by atoms with Gasteiger partial charge in [-0.2, -0.15) is 0 Å². The molecule has 4 aromatic rings. The third-order valence-corrected chi connectivity index (χ3v) is 14.4. The number of esters is 1. The molecule has 0 aliphatic carbocycles. The molecule has 14 nitrogen and oxygen atoms in total. The van der Waals surface area contributed by atoms with Gasteiger partial charge < -0.3 is 33.9 Å². The van der Waals surface area contributed by atoms with Crippen LogP contribution in [0.5, 0.6) is 0 Å². The summed E-state index contributed by atoms with van der Waals surface area (Å²) in [4.78, 5) is 57.0. The second-order valence-electron chi connectivity index (χ2n) is 18.5. The molecule has 326 valence electrons. The molecule has 15 heteroatoms. The number of thiazole rings is 1. The van der Waals surface area contributed by atoms with Crippen LogP contribution < -0.4 is 15.6 Å². The highest BCUT2D eigenvalue weighted by Gasteiger charge is 2.46. The Morgan fingerprint density at radius 2 is 1.93 bits per heavy atom. The molecule has 0 spiro atoms. The van der Waals surface area contributed by atoms with E-state index in [1.807, 2.05) is 18.5 Å². The van der Waals surface area contributed by atoms with Gasteiger partial charge in [0.1, 0.15) is 12.1 Å². The molecule has 9 rings (SSSR count). The maximum atomic E-state index is 14.3. The summed E-state index contributed by atoms with van der Waals surface area (Å²) in [5.74, 6) is -1.14. The Balaban J connectivity index is 1.15. The lowest BCUT2D eigenvalue weighted by molar-refractivity contribution is -0.155. The zero-order chi connectivity index (χ0) is 42.6. The van der Waals surface area contributed by atoms with Crippen molar-refractivity contribution in [3.63, 3.8) is 0 Å². The fourth-order valence-corrected chi connectivity index (χ4v) is 10.9. The molecular weight excluding hydrogens is 793 g/mol. The van der Waals surface area contributed by atoms with Crippen molar-refractivity contribution in [3.8, 4) is 22.5 Å². The molecule has 8 heterocycles. The molecule has 4 fully saturated rings. The standard InChI is InChI=1S/C46H60N8O6S/c1-7-53-38-12-10-28-19-31(38)34(42(53)33-20-29(24-47-41(33)27(2)58-6)52-17-15-51(5)16-18-52)23-46(3,4)26-59-45(57)35-9-8-14-54(50-35)44(56)36(22-40-48-37(28)25-61-40)49-43(55)32-21-30-11-13-39(32)60-30/h10,12,19-20,24-25,27,30,32,35-36,39,50H,7-9,11,13-18,21-23,26H2,1-6H3,(H,49,55)/t27-,30-,32?,35-,36-,39+/m0/s1. The van der Waals surface area contributed by atoms with E-state index >= 15 is 0 Å². The quantitative estimate of drug-likeness (QED) is 0.227. The molecule has 5 aliphatic rings. The minimum Gasteiger partial charge on any atom is -0.464 e. The van der Waals surface area contributed by atoms with Gasteiger partial charge in [-0.15, -0.1) is 11.3 Å². The molecule has 2 N–H and O–H groups in total. The Hall–Kier alpha value is -4.41. The summed E-state index contributed by atoms with van der Waals surface area (Å²) in [5, 5.41) is 8.50. The summed E-state index contributed by atoms with van der Waals surface area (Å²) in [5.41, 5.74) is 10.8. The number of aromatic nitrogens is 3. The van der Waals surface area contributed by atoms with Crippen LogP contribution in [-0.4, -0.2) is 120 Å². The first kappa shape index (κ1) is 41.9. The van der Waals surface area contributed by atoms with Gasteiger partial charge in [0.05, 0.1) is 64.8 Å². The SMILES string of the molecule is CCn1c(-c2cc(N3CCN(C)CC3)cnc2[C@H](C)OC)c2c3cc(ccc31)-c1csc(n1)C[C@H](NC(=O)C1C[C@@H]3CC[C@H]1O3)C(=O)N1CCC[C@H](N1)C(=O)OCC(C)(C)C2. The zero-order valence-electron chi connectivity index (χ0n) is 36.4. The Morgan fingerprint density at radius 1 is 1.11 bits per heavy atom. The van der Waals surface area contributed by atoms with Gasteiger partial charge in [-0.1, -0.05) is 19.9 Å². The summed E-state index contributed by atoms with van der Waals surface area (Å²) in [7, 11) is 3.89. The van der Waals surface area contributed by atoms with E-state index in [0.717, 1.165) is 101 Å². The molecule has 3 aromatic heterocycles. The normalized spacial score (nSPS) is 26.4. The summed E-state index contributed by atoms with van der Waals surface area (Å²) in [6.07, 6.45) is 6.21. The van der Waals surface area contributed by atoms with Crippen LogP contribution in [0.2, 0.25) is 0 Å². The highest BCUT2D eigenvalue weighted by molar-refractivity contribution is 7.10. The lowest BCUT2D eigenvalue weighted by Crippen LogP contribution is -2.61. The third kappa shape index (κ3) is 8.31. The molecule has 1 unspecified atom stereocenters. The van der Waals surface area contributed by atoms with Crippen LogP contribution in [-0.2, 0) is 48.0 Å². The van der Waals surface area contributed by atoms with E-state index in [1.54, 1.807) is 7.11 Å². The second-order valence-corrected chi connectivity index (χ2v) is 19.4. The summed E-state index contributed by atoms with van der Waals surface area (Å²) in [6, 6.07) is 7.28. The van der Waals surface area contributed by atoms with Crippen molar-refractivity contribution in [2.45, 2.75) is 110 Å². The van der Waals surface area contributed by atoms with Gasteiger partial charge in [-0.05, 0) is 83.2 Å². The number of likely N-dealkylation sites (N-methyl/N-ethyl adjacent to an activating group) is 1. The van der Waals surface area contributed by atoms with Crippen molar-refractivity contribution in [1.29, 1.82) is 0 Å². The highest BCUT2D eigenvalue weighted by Crippen LogP contribution is 2.43. The average Bonchev–Trinajstić information content (AvgIpc) is 4.09. The van der Waals surface area contributed by atoms with Crippen molar-refractivity contribution in [3.05, 3.63) is 52.1 Å². The number of benzene rings is 1. The first-order valence-electron chi connectivity index (χ1n) is 22.2. The molecule has 8 bridgehead atoms. The molecular formula is C46H60N8O6S. The molecule has 6 atom stereocenters. The number of fused-ring (bicyclic) bond motifs is 8.